The molecule has 0 bridgehead atoms. The fourth-order valence-electron chi connectivity index (χ4n) is 4.02. The highest BCUT2D eigenvalue weighted by Gasteiger charge is 2.22. The van der Waals surface area contributed by atoms with Crippen molar-refractivity contribution < 1.29 is 9.59 Å². The van der Waals surface area contributed by atoms with Crippen LogP contribution in [-0.4, -0.2) is 64.4 Å². The van der Waals surface area contributed by atoms with Crippen molar-refractivity contribution >= 4 is 28.7 Å². The van der Waals surface area contributed by atoms with E-state index in [0.29, 0.717) is 37.7 Å². The molecular formula is C26H24N6O2. The number of pyridine rings is 1. The average Bonchev–Trinajstić information content (AvgIpc) is 2.92. The van der Waals surface area contributed by atoms with Gasteiger partial charge in [0.1, 0.15) is 0 Å². The minimum atomic E-state index is -0.271. The topological polar surface area (TPSA) is 91.3 Å². The predicted molar refractivity (Wildman–Crippen MR) is 130 cm³/mol. The number of hydrogen-bond acceptors (Lipinski definition) is 6. The van der Waals surface area contributed by atoms with E-state index in [1.54, 1.807) is 35.5 Å². The van der Waals surface area contributed by atoms with Crippen molar-refractivity contribution in [3.63, 3.8) is 0 Å². The van der Waals surface area contributed by atoms with Gasteiger partial charge in [0.2, 0.25) is 11.9 Å². The lowest BCUT2D eigenvalue weighted by molar-refractivity contribution is -0.130. The van der Waals surface area contributed by atoms with E-state index in [4.69, 9.17) is 0 Å². The number of fused-ring (bicyclic) bond motifs is 1. The first kappa shape index (κ1) is 21.5. The van der Waals surface area contributed by atoms with Crippen molar-refractivity contribution in [3.8, 4) is 11.1 Å². The molecule has 170 valence electrons. The molecule has 1 saturated heterocycles. The van der Waals surface area contributed by atoms with Gasteiger partial charge in [0.25, 0.3) is 5.91 Å². The smallest absolute Gasteiger partial charge is 0.251 e. The number of carbonyl (C=O) groups is 2. The van der Waals surface area contributed by atoms with Crippen LogP contribution in [0.4, 0.5) is 5.95 Å². The minimum absolute atomic E-state index is 0.0307. The third-order valence-electron chi connectivity index (χ3n) is 5.94. The summed E-state index contributed by atoms with van der Waals surface area (Å²) in [5.41, 5.74) is 3.42. The van der Waals surface area contributed by atoms with Crippen LogP contribution in [0.1, 0.15) is 10.4 Å². The molecule has 1 fully saturated rings. The number of benzene rings is 2. The Balaban J connectivity index is 1.14. The lowest BCUT2D eigenvalue weighted by Crippen LogP contribution is -2.51. The first-order valence-corrected chi connectivity index (χ1v) is 11.2. The monoisotopic (exact) mass is 452 g/mol. The van der Waals surface area contributed by atoms with Gasteiger partial charge in [0.05, 0.1) is 12.1 Å². The van der Waals surface area contributed by atoms with Crippen molar-refractivity contribution in [2.75, 3.05) is 37.6 Å². The van der Waals surface area contributed by atoms with Gasteiger partial charge in [-0.15, -0.1) is 0 Å². The normalized spacial score (nSPS) is 13.6. The number of nitrogens with zero attached hydrogens (tertiary/aromatic N) is 5. The molecular weight excluding hydrogens is 428 g/mol. The maximum absolute atomic E-state index is 12.6. The van der Waals surface area contributed by atoms with Crippen molar-refractivity contribution in [2.24, 2.45) is 0 Å². The molecule has 0 saturated carbocycles. The molecule has 1 N–H and O–H groups in total. The van der Waals surface area contributed by atoms with Gasteiger partial charge in [-0.05, 0) is 35.9 Å². The largest absolute Gasteiger partial charge is 0.343 e. The summed E-state index contributed by atoms with van der Waals surface area (Å²) in [5, 5.41) is 3.81. The summed E-state index contributed by atoms with van der Waals surface area (Å²) in [6.45, 7) is 2.43. The summed E-state index contributed by atoms with van der Waals surface area (Å²) >= 11 is 0. The van der Waals surface area contributed by atoms with Gasteiger partial charge in [-0.3, -0.25) is 14.6 Å². The maximum Gasteiger partial charge on any atom is 0.251 e. The maximum atomic E-state index is 12.6. The third-order valence-corrected chi connectivity index (χ3v) is 5.94. The number of para-hydroxylation sites is 1. The van der Waals surface area contributed by atoms with Crippen molar-refractivity contribution in [1.29, 1.82) is 0 Å². The SMILES string of the molecule is O=C(NCC(=O)N1CCN(c2ncccn2)CC1)c1ccc(-c2cnc3ccccc3c2)cc1. The number of carbonyl (C=O) groups excluding carboxylic acids is 2. The molecule has 2 amide bonds. The van der Waals surface area contributed by atoms with Gasteiger partial charge < -0.3 is 15.1 Å². The van der Waals surface area contributed by atoms with Crippen LogP contribution in [0, 0.1) is 0 Å². The Bertz CT molecular complexity index is 1300. The first-order valence-electron chi connectivity index (χ1n) is 11.2. The first-order chi connectivity index (χ1) is 16.7. The van der Waals surface area contributed by atoms with E-state index in [0.717, 1.165) is 22.0 Å². The van der Waals surface area contributed by atoms with Crippen LogP contribution in [-0.2, 0) is 4.79 Å². The second-order valence-corrected chi connectivity index (χ2v) is 8.09. The molecule has 2 aromatic heterocycles. The zero-order valence-corrected chi connectivity index (χ0v) is 18.6. The Morgan fingerprint density at radius 1 is 0.824 bits per heavy atom. The average molecular weight is 453 g/mol. The van der Waals surface area contributed by atoms with Crippen molar-refractivity contribution in [2.45, 2.75) is 0 Å². The van der Waals surface area contributed by atoms with E-state index in [2.05, 4.69) is 31.2 Å². The summed E-state index contributed by atoms with van der Waals surface area (Å²) in [6.07, 6.45) is 5.25. The van der Waals surface area contributed by atoms with Crippen LogP contribution < -0.4 is 10.2 Å². The van der Waals surface area contributed by atoms with Gasteiger partial charge in [-0.1, -0.05) is 30.3 Å². The number of amides is 2. The highest BCUT2D eigenvalue weighted by atomic mass is 16.2. The highest BCUT2D eigenvalue weighted by Crippen LogP contribution is 2.23. The van der Waals surface area contributed by atoms with Crippen LogP contribution in [0.3, 0.4) is 0 Å². The van der Waals surface area contributed by atoms with E-state index < -0.39 is 0 Å². The Morgan fingerprint density at radius 2 is 1.56 bits per heavy atom. The Hall–Kier alpha value is -4.33. The fraction of sp³-hybridized carbons (Fsp3) is 0.192. The molecule has 34 heavy (non-hydrogen) atoms. The Morgan fingerprint density at radius 3 is 2.32 bits per heavy atom. The zero-order valence-electron chi connectivity index (χ0n) is 18.6. The molecule has 5 rings (SSSR count). The molecule has 1 aliphatic heterocycles. The van der Waals surface area contributed by atoms with Crippen molar-refractivity contribution in [3.05, 3.63) is 84.8 Å². The standard InChI is InChI=1S/C26H24N6O2/c33-24(31-12-14-32(15-13-31)26-27-10-3-11-28-26)18-30-25(34)20-8-6-19(7-9-20)22-16-21-4-1-2-5-23(21)29-17-22/h1-11,16-17H,12-15,18H2,(H,30,34). The van der Waals surface area contributed by atoms with Gasteiger partial charge in [-0.25, -0.2) is 9.97 Å². The van der Waals surface area contributed by atoms with Crippen LogP contribution >= 0.6 is 0 Å². The Labute approximate surface area is 197 Å². The number of rotatable bonds is 5. The summed E-state index contributed by atoms with van der Waals surface area (Å²) in [7, 11) is 0. The zero-order chi connectivity index (χ0) is 23.3. The highest BCUT2D eigenvalue weighted by molar-refractivity contribution is 5.97. The van der Waals surface area contributed by atoms with E-state index in [1.165, 1.54) is 0 Å². The molecule has 2 aromatic carbocycles. The van der Waals surface area contributed by atoms with Crippen LogP contribution in [0.15, 0.2) is 79.3 Å². The lowest BCUT2D eigenvalue weighted by atomic mass is 10.0. The fourth-order valence-corrected chi connectivity index (χ4v) is 4.02. The predicted octanol–water partition coefficient (Wildman–Crippen LogP) is 2.77. The number of aromatic nitrogens is 3. The van der Waals surface area contributed by atoms with Crippen molar-refractivity contribution in [1.82, 2.24) is 25.2 Å². The van der Waals surface area contributed by atoms with Gasteiger partial charge >= 0.3 is 0 Å². The van der Waals surface area contributed by atoms with Gasteiger partial charge in [0.15, 0.2) is 0 Å². The molecule has 0 aliphatic carbocycles. The minimum Gasteiger partial charge on any atom is -0.343 e. The molecule has 0 unspecified atom stereocenters. The summed E-state index contributed by atoms with van der Waals surface area (Å²) in [5.74, 6) is 0.305. The number of nitrogens with one attached hydrogen (secondary N) is 1. The second kappa shape index (κ2) is 9.66. The molecule has 0 radical (unpaired) electrons. The molecule has 0 atom stereocenters. The number of anilines is 1. The molecule has 8 nitrogen and oxygen atoms in total. The summed E-state index contributed by atoms with van der Waals surface area (Å²) in [6, 6.07) is 19.1. The van der Waals surface area contributed by atoms with E-state index >= 15 is 0 Å². The van der Waals surface area contributed by atoms with Crippen LogP contribution in [0.25, 0.3) is 22.0 Å². The number of piperazine rings is 1. The third kappa shape index (κ3) is 4.71. The molecule has 8 heteroatoms. The molecule has 0 spiro atoms. The van der Waals surface area contributed by atoms with Gasteiger partial charge in [-0.2, -0.15) is 0 Å². The number of hydrogen-bond donors (Lipinski definition) is 1. The molecule has 1 aliphatic rings. The summed E-state index contributed by atoms with van der Waals surface area (Å²) < 4.78 is 0. The quantitative estimate of drug-likeness (QED) is 0.501. The van der Waals surface area contributed by atoms with E-state index in [1.807, 2.05) is 42.6 Å². The van der Waals surface area contributed by atoms with Gasteiger partial charge in [0, 0.05) is 61.3 Å². The van der Waals surface area contributed by atoms with E-state index in [-0.39, 0.29) is 18.4 Å². The van der Waals surface area contributed by atoms with E-state index in [9.17, 15) is 9.59 Å². The molecule has 4 aromatic rings. The lowest BCUT2D eigenvalue weighted by Gasteiger charge is -2.34. The molecule has 3 heterocycles. The second-order valence-electron chi connectivity index (χ2n) is 8.09. The van der Waals surface area contributed by atoms with Crippen LogP contribution in [0.5, 0.6) is 0 Å². The Kier molecular flexibility index (Phi) is 6.11. The summed E-state index contributed by atoms with van der Waals surface area (Å²) in [4.78, 5) is 42.0. The van der Waals surface area contributed by atoms with Crippen LogP contribution in [0.2, 0.25) is 0 Å².